The number of piperidine rings is 1. The summed E-state index contributed by atoms with van der Waals surface area (Å²) in [5.41, 5.74) is 1.21. The summed E-state index contributed by atoms with van der Waals surface area (Å²) in [6.45, 7) is 6.36. The highest BCUT2D eigenvalue weighted by molar-refractivity contribution is 14.1. The second kappa shape index (κ2) is 10.2. The van der Waals surface area contributed by atoms with Gasteiger partial charge in [0.2, 0.25) is 6.79 Å². The van der Waals surface area contributed by atoms with Crippen molar-refractivity contribution in [2.24, 2.45) is 5.92 Å². The third-order valence-electron chi connectivity index (χ3n) is 6.07. The van der Waals surface area contributed by atoms with Gasteiger partial charge in [-0.15, -0.1) is 0 Å². The summed E-state index contributed by atoms with van der Waals surface area (Å²) in [6.07, 6.45) is 4.82. The third kappa shape index (κ3) is 5.19. The average molecular weight is 525 g/mol. The van der Waals surface area contributed by atoms with Crippen molar-refractivity contribution in [2.45, 2.75) is 38.5 Å². The van der Waals surface area contributed by atoms with Gasteiger partial charge in [-0.3, -0.25) is 0 Å². The average Bonchev–Trinajstić information content (AvgIpc) is 3.20. The number of fused-ring (bicyclic) bond motifs is 1. The molecule has 2 aromatic rings. The highest BCUT2D eigenvalue weighted by atomic mass is 127. The lowest BCUT2D eigenvalue weighted by atomic mass is 9.80. The van der Waals surface area contributed by atoms with Crippen LogP contribution in [0.25, 0.3) is 0 Å². The largest absolute Gasteiger partial charge is 0.492 e. The Morgan fingerprint density at radius 2 is 1.90 bits per heavy atom. The topological polar surface area (TPSA) is 30.9 Å². The van der Waals surface area contributed by atoms with Gasteiger partial charge >= 0.3 is 0 Å². The maximum absolute atomic E-state index is 13.5. The number of unbranched alkanes of at least 4 members (excludes halogenated alkanes) is 2. The van der Waals surface area contributed by atoms with E-state index in [9.17, 15) is 4.39 Å². The molecule has 0 aliphatic carbocycles. The van der Waals surface area contributed by atoms with Crippen molar-refractivity contribution in [3.63, 3.8) is 0 Å². The molecule has 4 rings (SSSR count). The second-order valence-electron chi connectivity index (χ2n) is 8.16. The van der Waals surface area contributed by atoms with Crippen LogP contribution in [0.5, 0.6) is 17.2 Å². The van der Waals surface area contributed by atoms with Gasteiger partial charge in [0, 0.05) is 24.6 Å². The second-order valence-corrected chi connectivity index (χ2v) is 9.32. The van der Waals surface area contributed by atoms with E-state index in [2.05, 4.69) is 34.4 Å². The van der Waals surface area contributed by atoms with Gasteiger partial charge in [-0.05, 0) is 72.1 Å². The fraction of sp³-hybridized carbons (Fsp3) is 0.500. The van der Waals surface area contributed by atoms with Crippen LogP contribution in [0.4, 0.5) is 4.39 Å². The smallest absolute Gasteiger partial charge is 0.231 e. The summed E-state index contributed by atoms with van der Waals surface area (Å²) in [7, 11) is 0. The van der Waals surface area contributed by atoms with Gasteiger partial charge in [0.15, 0.2) is 11.5 Å². The number of ether oxygens (including phenoxy) is 3. The van der Waals surface area contributed by atoms with E-state index in [1.54, 1.807) is 12.1 Å². The Kier molecular flexibility index (Phi) is 7.36. The van der Waals surface area contributed by atoms with Crippen LogP contribution in [0.1, 0.15) is 44.1 Å². The first-order valence-corrected chi connectivity index (χ1v) is 11.9. The predicted molar refractivity (Wildman–Crippen MR) is 124 cm³/mol. The van der Waals surface area contributed by atoms with Crippen LogP contribution in [0.15, 0.2) is 36.4 Å². The van der Waals surface area contributed by atoms with Crippen LogP contribution in [0.2, 0.25) is 0 Å². The molecule has 0 amide bonds. The van der Waals surface area contributed by atoms with Crippen molar-refractivity contribution >= 4 is 22.6 Å². The van der Waals surface area contributed by atoms with Crippen LogP contribution >= 0.6 is 22.6 Å². The molecular formula is C24H29FINO3. The molecule has 0 spiro atoms. The Balaban J connectivity index is 1.47. The van der Waals surface area contributed by atoms with Crippen LogP contribution in [0.3, 0.4) is 0 Å². The zero-order valence-electron chi connectivity index (χ0n) is 17.4. The molecule has 1 fully saturated rings. The molecule has 2 aliphatic heterocycles. The predicted octanol–water partition coefficient (Wildman–Crippen LogP) is 5.83. The van der Waals surface area contributed by atoms with Crippen molar-refractivity contribution in [1.82, 2.24) is 4.90 Å². The number of hydrogen-bond acceptors (Lipinski definition) is 4. The van der Waals surface area contributed by atoms with Crippen molar-refractivity contribution in [3.05, 3.63) is 51.3 Å². The standard InChI is InChI=1S/C24H29FINO3/c1-2-3-4-10-27-11-9-20(17-5-7-19(25)8-6-17)18(14-27)15-28-22-13-24-23(12-21(22)26)29-16-30-24/h5-8,12-13,18,20H,2-4,9-11,14-16H2,1H3/t18-,20-/m0/s1. The van der Waals surface area contributed by atoms with Crippen molar-refractivity contribution in [2.75, 3.05) is 33.0 Å². The maximum Gasteiger partial charge on any atom is 0.231 e. The molecule has 30 heavy (non-hydrogen) atoms. The van der Waals surface area contributed by atoms with E-state index in [0.717, 1.165) is 46.9 Å². The van der Waals surface area contributed by atoms with E-state index >= 15 is 0 Å². The molecule has 2 atom stereocenters. The highest BCUT2D eigenvalue weighted by Gasteiger charge is 2.31. The lowest BCUT2D eigenvalue weighted by Crippen LogP contribution is -2.42. The molecule has 2 aromatic carbocycles. The Bertz CT molecular complexity index is 845. The number of rotatable bonds is 8. The summed E-state index contributed by atoms with van der Waals surface area (Å²) < 4.78 is 31.7. The Morgan fingerprint density at radius 1 is 1.13 bits per heavy atom. The van der Waals surface area contributed by atoms with E-state index in [4.69, 9.17) is 14.2 Å². The maximum atomic E-state index is 13.5. The molecule has 0 saturated carbocycles. The normalized spacial score (nSPS) is 21.0. The first-order valence-electron chi connectivity index (χ1n) is 10.8. The summed E-state index contributed by atoms with van der Waals surface area (Å²) in [6, 6.07) is 10.9. The van der Waals surface area contributed by atoms with E-state index in [0.29, 0.717) is 18.4 Å². The summed E-state index contributed by atoms with van der Waals surface area (Å²) in [5.74, 6) is 2.90. The molecule has 162 valence electrons. The first-order chi connectivity index (χ1) is 14.6. The summed E-state index contributed by atoms with van der Waals surface area (Å²) >= 11 is 2.28. The van der Waals surface area contributed by atoms with Crippen LogP contribution in [-0.2, 0) is 0 Å². The van der Waals surface area contributed by atoms with E-state index in [1.165, 1.54) is 24.8 Å². The molecule has 0 unspecified atom stereocenters. The van der Waals surface area contributed by atoms with E-state index in [1.807, 2.05) is 24.3 Å². The van der Waals surface area contributed by atoms with Gasteiger partial charge in [0.05, 0.1) is 10.2 Å². The van der Waals surface area contributed by atoms with E-state index in [-0.39, 0.29) is 12.6 Å². The van der Waals surface area contributed by atoms with Gasteiger partial charge in [-0.2, -0.15) is 0 Å². The fourth-order valence-electron chi connectivity index (χ4n) is 4.42. The Morgan fingerprint density at radius 3 is 2.67 bits per heavy atom. The van der Waals surface area contributed by atoms with Gasteiger partial charge in [-0.1, -0.05) is 31.9 Å². The van der Waals surface area contributed by atoms with Gasteiger partial charge in [-0.25, -0.2) is 4.39 Å². The zero-order chi connectivity index (χ0) is 20.9. The minimum Gasteiger partial charge on any atom is -0.492 e. The van der Waals surface area contributed by atoms with Crippen LogP contribution in [-0.4, -0.2) is 37.9 Å². The minimum absolute atomic E-state index is 0.182. The van der Waals surface area contributed by atoms with E-state index < -0.39 is 0 Å². The molecule has 0 aromatic heterocycles. The lowest BCUT2D eigenvalue weighted by molar-refractivity contribution is 0.109. The third-order valence-corrected chi connectivity index (χ3v) is 6.92. The number of hydrogen-bond donors (Lipinski definition) is 0. The molecule has 6 heteroatoms. The monoisotopic (exact) mass is 525 g/mol. The molecule has 0 bridgehead atoms. The van der Waals surface area contributed by atoms with Gasteiger partial charge in [0.25, 0.3) is 0 Å². The zero-order valence-corrected chi connectivity index (χ0v) is 19.6. The molecule has 0 N–H and O–H groups in total. The molecule has 1 saturated heterocycles. The number of benzene rings is 2. The number of likely N-dealkylation sites (tertiary alicyclic amines) is 1. The molecule has 4 nitrogen and oxygen atoms in total. The quantitative estimate of drug-likeness (QED) is 0.321. The fourth-order valence-corrected chi connectivity index (χ4v) is 5.01. The summed E-state index contributed by atoms with van der Waals surface area (Å²) in [5, 5.41) is 0. The minimum atomic E-state index is -0.182. The Labute approximate surface area is 191 Å². The van der Waals surface area contributed by atoms with Crippen molar-refractivity contribution < 1.29 is 18.6 Å². The number of halogens is 2. The highest BCUT2D eigenvalue weighted by Crippen LogP contribution is 2.40. The van der Waals surface area contributed by atoms with Crippen LogP contribution in [0, 0.1) is 15.3 Å². The molecule has 2 aliphatic rings. The van der Waals surface area contributed by atoms with Crippen LogP contribution < -0.4 is 14.2 Å². The summed E-state index contributed by atoms with van der Waals surface area (Å²) in [4.78, 5) is 2.56. The molecule has 2 heterocycles. The molecular weight excluding hydrogens is 496 g/mol. The Hall–Kier alpha value is -1.54. The van der Waals surface area contributed by atoms with Crippen molar-refractivity contribution in [3.8, 4) is 17.2 Å². The molecule has 0 radical (unpaired) electrons. The van der Waals surface area contributed by atoms with Gasteiger partial charge < -0.3 is 19.1 Å². The lowest BCUT2D eigenvalue weighted by Gasteiger charge is -2.39. The van der Waals surface area contributed by atoms with Gasteiger partial charge in [0.1, 0.15) is 11.6 Å². The first kappa shape index (κ1) is 21.7. The van der Waals surface area contributed by atoms with Crippen molar-refractivity contribution in [1.29, 1.82) is 0 Å². The SMILES string of the molecule is CCCCCN1CC[C@@H](c2ccc(F)cc2)[C@H](COc2cc3c(cc2I)OCO3)C1. The number of nitrogens with zero attached hydrogens (tertiary/aromatic N) is 1.